The molecule has 0 aliphatic rings. The molecule has 0 bridgehead atoms. The molecule has 0 fully saturated rings. The molecule has 0 saturated heterocycles. The summed E-state index contributed by atoms with van der Waals surface area (Å²) in [6, 6.07) is 14.1. The molecule has 2 aromatic rings. The van der Waals surface area contributed by atoms with E-state index in [4.69, 9.17) is 4.74 Å². The smallest absolute Gasteiger partial charge is 0.387 e. The number of alkyl halides is 2. The Balaban J connectivity index is 2.03. The predicted octanol–water partition coefficient (Wildman–Crippen LogP) is 3.97. The third-order valence-corrected chi connectivity index (χ3v) is 3.46. The number of amides is 1. The summed E-state index contributed by atoms with van der Waals surface area (Å²) < 4.78 is 34.0. The van der Waals surface area contributed by atoms with E-state index < -0.39 is 6.61 Å². The molecule has 0 spiro atoms. The van der Waals surface area contributed by atoms with Gasteiger partial charge in [0.15, 0.2) is 11.5 Å². The maximum atomic E-state index is 12.3. The van der Waals surface area contributed by atoms with E-state index in [2.05, 4.69) is 4.74 Å². The van der Waals surface area contributed by atoms with Crippen molar-refractivity contribution in [2.45, 2.75) is 13.2 Å². The Kier molecular flexibility index (Phi) is 6.51. The van der Waals surface area contributed by atoms with Gasteiger partial charge in [0.25, 0.3) is 0 Å². The highest BCUT2D eigenvalue weighted by Gasteiger charge is 2.11. The van der Waals surface area contributed by atoms with E-state index in [1.807, 2.05) is 30.3 Å². The number of likely N-dealkylation sites (N-methyl/N-ethyl adjacent to an activating group) is 1. The van der Waals surface area contributed by atoms with Gasteiger partial charge in [-0.1, -0.05) is 36.4 Å². The SMILES string of the molecule is COc1cc(C=CC(=O)N(C)Cc2ccccc2)ccc1OC(F)F. The number of halogens is 2. The Morgan fingerprint density at radius 2 is 1.88 bits per heavy atom. The van der Waals surface area contributed by atoms with Gasteiger partial charge in [0.2, 0.25) is 5.91 Å². The lowest BCUT2D eigenvalue weighted by Crippen LogP contribution is -2.24. The lowest BCUT2D eigenvalue weighted by atomic mass is 10.1. The van der Waals surface area contributed by atoms with Crippen LogP contribution in [-0.4, -0.2) is 31.6 Å². The van der Waals surface area contributed by atoms with Crippen LogP contribution in [0.2, 0.25) is 0 Å². The highest BCUT2D eigenvalue weighted by Crippen LogP contribution is 2.29. The van der Waals surface area contributed by atoms with Crippen molar-refractivity contribution < 1.29 is 23.0 Å². The van der Waals surface area contributed by atoms with Gasteiger partial charge in [-0.25, -0.2) is 0 Å². The number of nitrogens with zero attached hydrogens (tertiary/aromatic N) is 1. The summed E-state index contributed by atoms with van der Waals surface area (Å²) in [5.41, 5.74) is 1.67. The van der Waals surface area contributed by atoms with Crippen molar-refractivity contribution in [3.8, 4) is 11.5 Å². The quantitative estimate of drug-likeness (QED) is 0.712. The molecule has 2 rings (SSSR count). The highest BCUT2D eigenvalue weighted by molar-refractivity contribution is 5.91. The summed E-state index contributed by atoms with van der Waals surface area (Å²) in [6.07, 6.45) is 3.02. The van der Waals surface area contributed by atoms with E-state index in [9.17, 15) is 13.6 Å². The first-order valence-electron chi connectivity index (χ1n) is 7.59. The average molecular weight is 347 g/mol. The molecule has 0 atom stereocenters. The fourth-order valence-electron chi connectivity index (χ4n) is 2.21. The number of carbonyl (C=O) groups is 1. The molecule has 6 heteroatoms. The van der Waals surface area contributed by atoms with Crippen molar-refractivity contribution in [2.75, 3.05) is 14.2 Å². The van der Waals surface area contributed by atoms with Crippen molar-refractivity contribution in [3.63, 3.8) is 0 Å². The third kappa shape index (κ3) is 5.60. The Bertz CT molecular complexity index is 733. The van der Waals surface area contributed by atoms with Crippen molar-refractivity contribution in [3.05, 3.63) is 65.7 Å². The van der Waals surface area contributed by atoms with Gasteiger partial charge in [-0.3, -0.25) is 4.79 Å². The minimum absolute atomic E-state index is 0.0535. The topological polar surface area (TPSA) is 38.8 Å². The molecule has 0 aliphatic heterocycles. The van der Waals surface area contributed by atoms with Crippen LogP contribution in [0.25, 0.3) is 6.08 Å². The maximum absolute atomic E-state index is 12.3. The molecular formula is C19H19F2NO3. The number of carbonyl (C=O) groups excluding carboxylic acids is 1. The maximum Gasteiger partial charge on any atom is 0.387 e. The van der Waals surface area contributed by atoms with Crippen LogP contribution in [0.15, 0.2) is 54.6 Å². The summed E-state index contributed by atoms with van der Waals surface area (Å²) in [4.78, 5) is 13.8. The van der Waals surface area contributed by atoms with Crippen molar-refractivity contribution in [1.29, 1.82) is 0 Å². The lowest BCUT2D eigenvalue weighted by Gasteiger charge is -2.15. The molecule has 0 N–H and O–H groups in total. The van der Waals surface area contributed by atoms with Gasteiger partial charge in [0.1, 0.15) is 0 Å². The number of hydrogen-bond donors (Lipinski definition) is 0. The van der Waals surface area contributed by atoms with E-state index in [-0.39, 0.29) is 17.4 Å². The molecule has 0 unspecified atom stereocenters. The monoisotopic (exact) mass is 347 g/mol. The zero-order chi connectivity index (χ0) is 18.2. The molecular weight excluding hydrogens is 328 g/mol. The van der Waals surface area contributed by atoms with Crippen molar-refractivity contribution >= 4 is 12.0 Å². The van der Waals surface area contributed by atoms with Gasteiger partial charge in [-0.15, -0.1) is 0 Å². The first kappa shape index (κ1) is 18.4. The van der Waals surface area contributed by atoms with Crippen LogP contribution in [0.1, 0.15) is 11.1 Å². The van der Waals surface area contributed by atoms with Crippen LogP contribution >= 0.6 is 0 Å². The molecule has 2 aromatic carbocycles. The van der Waals surface area contributed by atoms with Crippen molar-refractivity contribution in [2.24, 2.45) is 0 Å². The van der Waals surface area contributed by atoms with Gasteiger partial charge < -0.3 is 14.4 Å². The zero-order valence-electron chi connectivity index (χ0n) is 14.0. The molecule has 0 aromatic heterocycles. The van der Waals surface area contributed by atoms with Crippen LogP contribution in [-0.2, 0) is 11.3 Å². The van der Waals surface area contributed by atoms with E-state index in [0.29, 0.717) is 12.1 Å². The molecule has 25 heavy (non-hydrogen) atoms. The summed E-state index contributed by atoms with van der Waals surface area (Å²) in [5, 5.41) is 0. The normalized spacial score (nSPS) is 10.9. The molecule has 0 radical (unpaired) electrons. The zero-order valence-corrected chi connectivity index (χ0v) is 14.0. The molecule has 132 valence electrons. The highest BCUT2D eigenvalue weighted by atomic mass is 19.3. The summed E-state index contributed by atoms with van der Waals surface area (Å²) in [7, 11) is 3.07. The molecule has 1 amide bonds. The summed E-state index contributed by atoms with van der Waals surface area (Å²) >= 11 is 0. The Hall–Kier alpha value is -2.89. The molecule has 4 nitrogen and oxygen atoms in total. The first-order valence-corrected chi connectivity index (χ1v) is 7.59. The number of methoxy groups -OCH3 is 1. The van der Waals surface area contributed by atoms with Crippen LogP contribution in [0, 0.1) is 0 Å². The van der Waals surface area contributed by atoms with E-state index in [1.165, 1.54) is 25.3 Å². The second-order valence-electron chi connectivity index (χ2n) is 5.30. The van der Waals surface area contributed by atoms with Crippen LogP contribution in [0.5, 0.6) is 11.5 Å². The second-order valence-corrected chi connectivity index (χ2v) is 5.30. The third-order valence-electron chi connectivity index (χ3n) is 3.46. The second kappa shape index (κ2) is 8.82. The predicted molar refractivity (Wildman–Crippen MR) is 91.6 cm³/mol. The van der Waals surface area contributed by atoms with Gasteiger partial charge in [-0.05, 0) is 29.3 Å². The largest absolute Gasteiger partial charge is 0.493 e. The number of hydrogen-bond acceptors (Lipinski definition) is 3. The van der Waals surface area contributed by atoms with Crippen LogP contribution in [0.3, 0.4) is 0 Å². The molecule has 0 heterocycles. The summed E-state index contributed by atoms with van der Waals surface area (Å²) in [5.74, 6) is -0.0505. The fourth-order valence-corrected chi connectivity index (χ4v) is 2.21. The standard InChI is InChI=1S/C19H19F2NO3/c1-22(13-15-6-4-3-5-7-15)18(23)11-9-14-8-10-16(25-19(20)21)17(12-14)24-2/h3-12,19H,13H2,1-2H3. The molecule has 0 aliphatic carbocycles. The van der Waals surface area contributed by atoms with Gasteiger partial charge in [0.05, 0.1) is 7.11 Å². The lowest BCUT2D eigenvalue weighted by molar-refractivity contribution is -0.125. The molecule has 0 saturated carbocycles. The van der Waals surface area contributed by atoms with E-state index in [0.717, 1.165) is 5.56 Å². The first-order chi connectivity index (χ1) is 12.0. The number of rotatable bonds is 7. The minimum Gasteiger partial charge on any atom is -0.493 e. The van der Waals surface area contributed by atoms with Gasteiger partial charge >= 0.3 is 6.61 Å². The van der Waals surface area contributed by atoms with Gasteiger partial charge in [0, 0.05) is 19.7 Å². The van der Waals surface area contributed by atoms with E-state index in [1.54, 1.807) is 24.1 Å². The minimum atomic E-state index is -2.93. The van der Waals surface area contributed by atoms with Crippen LogP contribution in [0.4, 0.5) is 8.78 Å². The summed E-state index contributed by atoms with van der Waals surface area (Å²) in [6.45, 7) is -2.43. The Labute approximate surface area is 145 Å². The Morgan fingerprint density at radius 1 is 1.16 bits per heavy atom. The fraction of sp³-hybridized carbons (Fsp3) is 0.211. The van der Waals surface area contributed by atoms with Crippen LogP contribution < -0.4 is 9.47 Å². The average Bonchev–Trinajstić information content (AvgIpc) is 2.60. The Morgan fingerprint density at radius 3 is 2.52 bits per heavy atom. The number of ether oxygens (including phenoxy) is 2. The van der Waals surface area contributed by atoms with Crippen molar-refractivity contribution in [1.82, 2.24) is 4.90 Å². The van der Waals surface area contributed by atoms with E-state index >= 15 is 0 Å². The number of benzene rings is 2. The van der Waals surface area contributed by atoms with Gasteiger partial charge in [-0.2, -0.15) is 8.78 Å².